The largest absolute Gasteiger partial charge is 0.469 e. The SMILES string of the molecule is COC(=O)CCCCC(N)c1cc(Br)ccc1Br. The molecule has 3 nitrogen and oxygen atoms in total. The van der Waals surface area contributed by atoms with E-state index in [1.165, 1.54) is 7.11 Å². The zero-order chi connectivity index (χ0) is 13.5. The van der Waals surface area contributed by atoms with Crippen molar-refractivity contribution in [1.82, 2.24) is 0 Å². The lowest BCUT2D eigenvalue weighted by Gasteiger charge is -2.14. The van der Waals surface area contributed by atoms with Crippen molar-refractivity contribution in [3.8, 4) is 0 Å². The second kappa shape index (κ2) is 7.92. The Labute approximate surface area is 124 Å². The van der Waals surface area contributed by atoms with Gasteiger partial charge in [-0.3, -0.25) is 4.79 Å². The number of carbonyl (C=O) groups is 1. The van der Waals surface area contributed by atoms with Gasteiger partial charge >= 0.3 is 5.97 Å². The summed E-state index contributed by atoms with van der Waals surface area (Å²) in [6, 6.07) is 5.95. The first-order valence-electron chi connectivity index (χ1n) is 5.82. The second-order valence-corrected chi connectivity index (χ2v) is 5.86. The van der Waals surface area contributed by atoms with Gasteiger partial charge in [0.1, 0.15) is 0 Å². The molecule has 0 saturated heterocycles. The number of unbranched alkanes of at least 4 members (excludes halogenated alkanes) is 1. The first-order valence-corrected chi connectivity index (χ1v) is 7.40. The fourth-order valence-electron chi connectivity index (χ4n) is 1.69. The van der Waals surface area contributed by atoms with Crippen LogP contribution < -0.4 is 5.73 Å². The molecule has 0 spiro atoms. The maximum Gasteiger partial charge on any atom is 0.305 e. The zero-order valence-electron chi connectivity index (χ0n) is 10.3. The van der Waals surface area contributed by atoms with E-state index in [4.69, 9.17) is 5.73 Å². The van der Waals surface area contributed by atoms with Crippen LogP contribution in [0.15, 0.2) is 27.1 Å². The smallest absolute Gasteiger partial charge is 0.305 e. The van der Waals surface area contributed by atoms with E-state index < -0.39 is 0 Å². The fraction of sp³-hybridized carbons (Fsp3) is 0.462. The Morgan fingerprint density at radius 3 is 2.78 bits per heavy atom. The highest BCUT2D eigenvalue weighted by atomic mass is 79.9. The highest BCUT2D eigenvalue weighted by Gasteiger charge is 2.10. The highest BCUT2D eigenvalue weighted by molar-refractivity contribution is 9.11. The highest BCUT2D eigenvalue weighted by Crippen LogP contribution is 2.28. The number of halogens is 2. The number of carbonyl (C=O) groups excluding carboxylic acids is 1. The molecule has 0 saturated carbocycles. The summed E-state index contributed by atoms with van der Waals surface area (Å²) in [7, 11) is 1.41. The van der Waals surface area contributed by atoms with Crippen molar-refractivity contribution in [2.75, 3.05) is 7.11 Å². The van der Waals surface area contributed by atoms with Crippen LogP contribution in [-0.2, 0) is 9.53 Å². The van der Waals surface area contributed by atoms with Gasteiger partial charge in [-0.2, -0.15) is 0 Å². The van der Waals surface area contributed by atoms with Gasteiger partial charge < -0.3 is 10.5 Å². The molecule has 1 unspecified atom stereocenters. The molecular weight excluding hydrogens is 362 g/mol. The second-order valence-electron chi connectivity index (χ2n) is 4.09. The number of hydrogen-bond donors (Lipinski definition) is 1. The van der Waals surface area contributed by atoms with Crippen LogP contribution in [0.1, 0.15) is 37.3 Å². The summed E-state index contributed by atoms with van der Waals surface area (Å²) < 4.78 is 6.63. The lowest BCUT2D eigenvalue weighted by Crippen LogP contribution is -2.11. The summed E-state index contributed by atoms with van der Waals surface area (Å²) in [5.41, 5.74) is 7.23. The third kappa shape index (κ3) is 5.08. The van der Waals surface area contributed by atoms with Crippen molar-refractivity contribution < 1.29 is 9.53 Å². The molecule has 18 heavy (non-hydrogen) atoms. The normalized spacial score (nSPS) is 12.2. The van der Waals surface area contributed by atoms with Gasteiger partial charge in [0.2, 0.25) is 0 Å². The minimum absolute atomic E-state index is 0.0190. The Kier molecular flexibility index (Phi) is 6.89. The minimum atomic E-state index is -0.160. The fourth-order valence-corrected chi connectivity index (χ4v) is 2.61. The van der Waals surface area contributed by atoms with Gasteiger partial charge in [-0.1, -0.05) is 38.3 Å². The summed E-state index contributed by atoms with van der Waals surface area (Å²) >= 11 is 6.94. The molecule has 0 aromatic heterocycles. The van der Waals surface area contributed by atoms with Gasteiger partial charge in [0, 0.05) is 21.4 Å². The number of hydrogen-bond acceptors (Lipinski definition) is 3. The van der Waals surface area contributed by atoms with Crippen LogP contribution in [0.5, 0.6) is 0 Å². The van der Waals surface area contributed by atoms with Crippen molar-refractivity contribution >= 4 is 37.8 Å². The molecule has 0 aliphatic rings. The molecule has 100 valence electrons. The maximum atomic E-state index is 11.0. The van der Waals surface area contributed by atoms with E-state index >= 15 is 0 Å². The molecule has 5 heteroatoms. The molecule has 0 aliphatic carbocycles. The van der Waals surface area contributed by atoms with Crippen LogP contribution in [-0.4, -0.2) is 13.1 Å². The Morgan fingerprint density at radius 1 is 1.39 bits per heavy atom. The molecule has 0 heterocycles. The first kappa shape index (κ1) is 15.7. The summed E-state index contributed by atoms with van der Waals surface area (Å²) in [5.74, 6) is -0.160. The molecule has 1 rings (SSSR count). The third-order valence-corrected chi connectivity index (χ3v) is 3.95. The molecule has 1 aromatic carbocycles. The number of esters is 1. The van der Waals surface area contributed by atoms with E-state index in [0.717, 1.165) is 33.8 Å². The van der Waals surface area contributed by atoms with Gasteiger partial charge in [-0.05, 0) is 36.6 Å². The molecule has 0 amide bonds. The van der Waals surface area contributed by atoms with Gasteiger partial charge in [0.15, 0.2) is 0 Å². The van der Waals surface area contributed by atoms with Gasteiger partial charge in [0.25, 0.3) is 0 Å². The maximum absolute atomic E-state index is 11.0. The predicted octanol–water partition coefficient (Wildman–Crippen LogP) is 3.94. The number of nitrogens with two attached hydrogens (primary N) is 1. The van der Waals surface area contributed by atoms with Crippen molar-refractivity contribution in [2.24, 2.45) is 5.73 Å². The standard InChI is InChI=1S/C13H17Br2NO2/c1-18-13(17)5-3-2-4-12(16)10-8-9(14)6-7-11(10)15/h6-8,12H,2-5,16H2,1H3. The lowest BCUT2D eigenvalue weighted by molar-refractivity contribution is -0.140. The quantitative estimate of drug-likeness (QED) is 0.602. The predicted molar refractivity (Wildman–Crippen MR) is 79.3 cm³/mol. The van der Waals surface area contributed by atoms with E-state index in [2.05, 4.69) is 36.6 Å². The van der Waals surface area contributed by atoms with E-state index in [-0.39, 0.29) is 12.0 Å². The summed E-state index contributed by atoms with van der Waals surface area (Å²) in [6.07, 6.45) is 3.04. The van der Waals surface area contributed by atoms with E-state index in [1.54, 1.807) is 0 Å². The van der Waals surface area contributed by atoms with Gasteiger partial charge in [0.05, 0.1) is 7.11 Å². The van der Waals surface area contributed by atoms with Crippen molar-refractivity contribution in [3.05, 3.63) is 32.7 Å². The average Bonchev–Trinajstić information content (AvgIpc) is 2.36. The van der Waals surface area contributed by atoms with Crippen LogP contribution in [0.2, 0.25) is 0 Å². The molecule has 0 radical (unpaired) electrons. The number of rotatable bonds is 6. The Balaban J connectivity index is 2.43. The zero-order valence-corrected chi connectivity index (χ0v) is 13.5. The summed E-state index contributed by atoms with van der Waals surface area (Å²) in [4.78, 5) is 11.0. The molecule has 1 atom stereocenters. The molecule has 0 bridgehead atoms. The van der Waals surface area contributed by atoms with Gasteiger partial charge in [-0.15, -0.1) is 0 Å². The topological polar surface area (TPSA) is 52.3 Å². The van der Waals surface area contributed by atoms with Crippen molar-refractivity contribution in [1.29, 1.82) is 0 Å². The Hall–Kier alpha value is -0.390. The van der Waals surface area contributed by atoms with Crippen LogP contribution >= 0.6 is 31.9 Å². The number of ether oxygens (including phenoxy) is 1. The van der Waals surface area contributed by atoms with Crippen LogP contribution in [0.3, 0.4) is 0 Å². The average molecular weight is 379 g/mol. The van der Waals surface area contributed by atoms with Crippen molar-refractivity contribution in [3.63, 3.8) is 0 Å². The monoisotopic (exact) mass is 377 g/mol. The van der Waals surface area contributed by atoms with Crippen LogP contribution in [0.4, 0.5) is 0 Å². The molecule has 1 aromatic rings. The number of benzene rings is 1. The number of methoxy groups -OCH3 is 1. The molecule has 0 aliphatic heterocycles. The summed E-state index contributed by atoms with van der Waals surface area (Å²) in [5, 5.41) is 0. The van der Waals surface area contributed by atoms with Crippen LogP contribution in [0.25, 0.3) is 0 Å². The lowest BCUT2D eigenvalue weighted by atomic mass is 10.0. The minimum Gasteiger partial charge on any atom is -0.469 e. The Morgan fingerprint density at radius 2 is 2.11 bits per heavy atom. The molecule has 2 N–H and O–H groups in total. The first-order chi connectivity index (χ1) is 8.54. The Bertz CT molecular complexity index is 410. The molecular formula is C13H17Br2NO2. The van der Waals surface area contributed by atoms with E-state index in [0.29, 0.717) is 6.42 Å². The van der Waals surface area contributed by atoms with Crippen LogP contribution in [0, 0.1) is 0 Å². The molecule has 0 fully saturated rings. The van der Waals surface area contributed by atoms with Crippen molar-refractivity contribution in [2.45, 2.75) is 31.7 Å². The summed E-state index contributed by atoms with van der Waals surface area (Å²) in [6.45, 7) is 0. The third-order valence-electron chi connectivity index (χ3n) is 2.73. The van der Waals surface area contributed by atoms with E-state index in [1.807, 2.05) is 18.2 Å². The van der Waals surface area contributed by atoms with E-state index in [9.17, 15) is 4.79 Å². The van der Waals surface area contributed by atoms with Gasteiger partial charge in [-0.25, -0.2) is 0 Å².